The molecule has 1 aliphatic rings. The average molecular weight is 472 g/mol. The molecule has 1 aromatic carbocycles. The molecule has 2 aromatic heterocycles. The number of aromatic nitrogens is 2. The predicted molar refractivity (Wildman–Crippen MR) is 127 cm³/mol. The Morgan fingerprint density at radius 2 is 2.03 bits per heavy atom. The number of carbonyl (C=O) groups excluding carboxylic acids is 2. The number of ether oxygens (including phenoxy) is 1. The van der Waals surface area contributed by atoms with Crippen LogP contribution in [0.2, 0.25) is 0 Å². The number of hydrogen-bond acceptors (Lipinski definition) is 7. The average Bonchev–Trinajstić information content (AvgIpc) is 3.12. The highest BCUT2D eigenvalue weighted by Gasteiger charge is 2.24. The van der Waals surface area contributed by atoms with Crippen LogP contribution in [-0.4, -0.2) is 33.9 Å². The first kappa shape index (κ1) is 22.5. The van der Waals surface area contributed by atoms with Crippen molar-refractivity contribution >= 4 is 45.3 Å². The summed E-state index contributed by atoms with van der Waals surface area (Å²) in [6.45, 7) is 5.82. The Balaban J connectivity index is 1.79. The molecule has 0 radical (unpaired) electrons. The normalized spacial score (nSPS) is 13.1. The standard InChI is InChI=1S/C23H25N3O4S2/c1-4-30-23(29)24-18(27)12-31-22-25-20-19(15-7-5-6-8-17(15)32-20)21(28)26(22)16-10-9-13(2)11-14(16)3/h9-11H,4-8,12H2,1-3H3,(H,24,27,29). The largest absolute Gasteiger partial charge is 0.450 e. The minimum Gasteiger partial charge on any atom is -0.450 e. The number of nitrogens with one attached hydrogen (secondary N) is 1. The van der Waals surface area contributed by atoms with Crippen molar-refractivity contribution in [2.45, 2.75) is 51.6 Å². The Morgan fingerprint density at radius 3 is 2.78 bits per heavy atom. The van der Waals surface area contributed by atoms with Gasteiger partial charge in [-0.1, -0.05) is 29.5 Å². The van der Waals surface area contributed by atoms with Crippen molar-refractivity contribution in [3.8, 4) is 5.69 Å². The first-order chi connectivity index (χ1) is 15.4. The summed E-state index contributed by atoms with van der Waals surface area (Å²) in [4.78, 5) is 44.3. The van der Waals surface area contributed by atoms with Crippen molar-refractivity contribution in [2.75, 3.05) is 12.4 Å². The monoisotopic (exact) mass is 471 g/mol. The quantitative estimate of drug-likeness (QED) is 0.441. The summed E-state index contributed by atoms with van der Waals surface area (Å²) in [6.07, 6.45) is 3.30. The second kappa shape index (κ2) is 9.46. The Bertz CT molecular complexity index is 1260. The minimum absolute atomic E-state index is 0.0627. The van der Waals surface area contributed by atoms with Crippen molar-refractivity contribution < 1.29 is 14.3 Å². The van der Waals surface area contributed by atoms with Gasteiger partial charge in [0, 0.05) is 4.88 Å². The number of aryl methyl sites for hydroxylation is 4. The van der Waals surface area contributed by atoms with E-state index in [0.717, 1.165) is 64.7 Å². The van der Waals surface area contributed by atoms with Crippen molar-refractivity contribution in [3.63, 3.8) is 0 Å². The molecule has 2 heterocycles. The van der Waals surface area contributed by atoms with Gasteiger partial charge < -0.3 is 4.74 Å². The van der Waals surface area contributed by atoms with Crippen molar-refractivity contribution in [3.05, 3.63) is 50.1 Å². The van der Waals surface area contributed by atoms with Crippen LogP contribution < -0.4 is 10.9 Å². The number of rotatable bonds is 5. The molecule has 32 heavy (non-hydrogen) atoms. The van der Waals surface area contributed by atoms with Crippen LogP contribution in [-0.2, 0) is 22.4 Å². The molecule has 2 amide bonds. The Morgan fingerprint density at radius 1 is 1.25 bits per heavy atom. The zero-order valence-corrected chi connectivity index (χ0v) is 20.0. The van der Waals surface area contributed by atoms with Gasteiger partial charge in [-0.15, -0.1) is 11.3 Å². The van der Waals surface area contributed by atoms with E-state index in [0.29, 0.717) is 10.5 Å². The lowest BCUT2D eigenvalue weighted by Crippen LogP contribution is -2.32. The third kappa shape index (κ3) is 4.45. The van der Waals surface area contributed by atoms with E-state index in [1.807, 2.05) is 32.0 Å². The molecule has 9 heteroatoms. The van der Waals surface area contributed by atoms with E-state index in [4.69, 9.17) is 9.72 Å². The summed E-state index contributed by atoms with van der Waals surface area (Å²) in [5, 5.41) is 3.32. The maximum absolute atomic E-state index is 13.8. The van der Waals surface area contributed by atoms with Crippen LogP contribution in [0.25, 0.3) is 15.9 Å². The minimum atomic E-state index is -0.779. The molecule has 1 N–H and O–H groups in total. The van der Waals surface area contributed by atoms with Crippen molar-refractivity contribution in [1.82, 2.24) is 14.9 Å². The van der Waals surface area contributed by atoms with Crippen LogP contribution >= 0.6 is 23.1 Å². The highest BCUT2D eigenvalue weighted by Crippen LogP contribution is 2.35. The second-order valence-electron chi connectivity index (χ2n) is 7.77. The molecule has 1 aliphatic carbocycles. The molecule has 168 valence electrons. The second-order valence-corrected chi connectivity index (χ2v) is 9.80. The molecule has 0 saturated carbocycles. The fraction of sp³-hybridized carbons (Fsp3) is 0.391. The fourth-order valence-electron chi connectivity index (χ4n) is 4.00. The van der Waals surface area contributed by atoms with Gasteiger partial charge in [-0.25, -0.2) is 9.78 Å². The number of carbonyl (C=O) groups is 2. The fourth-order valence-corrected chi connectivity index (χ4v) is 6.11. The number of imide groups is 1. The van der Waals surface area contributed by atoms with Crippen LogP contribution in [0.5, 0.6) is 0 Å². The van der Waals surface area contributed by atoms with Crippen LogP contribution in [0.15, 0.2) is 28.2 Å². The van der Waals surface area contributed by atoms with E-state index < -0.39 is 12.0 Å². The lowest BCUT2D eigenvalue weighted by Gasteiger charge is -2.15. The molecule has 0 bridgehead atoms. The number of nitrogens with zero attached hydrogens (tertiary/aromatic N) is 2. The third-order valence-electron chi connectivity index (χ3n) is 5.40. The van der Waals surface area contributed by atoms with Gasteiger partial charge >= 0.3 is 6.09 Å². The summed E-state index contributed by atoms with van der Waals surface area (Å²) in [5.41, 5.74) is 3.83. The number of benzene rings is 1. The SMILES string of the molecule is CCOC(=O)NC(=O)CSc1nc2sc3c(c2c(=O)n1-c1ccc(C)cc1C)CCCC3. The van der Waals surface area contributed by atoms with E-state index in [2.05, 4.69) is 5.32 Å². The number of amides is 2. The molecule has 4 rings (SSSR count). The molecular formula is C23H25N3O4S2. The number of thiophene rings is 1. The first-order valence-corrected chi connectivity index (χ1v) is 12.4. The summed E-state index contributed by atoms with van der Waals surface area (Å²) in [7, 11) is 0. The maximum Gasteiger partial charge on any atom is 0.413 e. The van der Waals surface area contributed by atoms with Crippen molar-refractivity contribution in [1.29, 1.82) is 0 Å². The Labute approximate surface area is 194 Å². The predicted octanol–water partition coefficient (Wildman–Crippen LogP) is 4.31. The van der Waals surface area contributed by atoms with Gasteiger partial charge in [-0.05, 0) is 63.6 Å². The van der Waals surface area contributed by atoms with Crippen LogP contribution in [0.1, 0.15) is 41.3 Å². The lowest BCUT2D eigenvalue weighted by molar-refractivity contribution is -0.117. The molecule has 0 saturated heterocycles. The van der Waals surface area contributed by atoms with Gasteiger partial charge in [-0.3, -0.25) is 19.5 Å². The molecule has 0 spiro atoms. The molecule has 0 unspecified atom stereocenters. The molecule has 3 aromatic rings. The topological polar surface area (TPSA) is 90.3 Å². The molecular weight excluding hydrogens is 446 g/mol. The maximum atomic E-state index is 13.8. The molecule has 0 atom stereocenters. The molecule has 7 nitrogen and oxygen atoms in total. The zero-order valence-electron chi connectivity index (χ0n) is 18.3. The van der Waals surface area contributed by atoms with Gasteiger partial charge in [0.2, 0.25) is 5.91 Å². The Kier molecular flexibility index (Phi) is 6.66. The summed E-state index contributed by atoms with van der Waals surface area (Å²) in [5.74, 6) is -0.562. The number of alkyl carbamates (subject to hydrolysis) is 1. The zero-order chi connectivity index (χ0) is 22.8. The summed E-state index contributed by atoms with van der Waals surface area (Å²) < 4.78 is 6.37. The van der Waals surface area contributed by atoms with Crippen LogP contribution in [0.3, 0.4) is 0 Å². The highest BCUT2D eigenvalue weighted by molar-refractivity contribution is 7.99. The smallest absolute Gasteiger partial charge is 0.413 e. The third-order valence-corrected chi connectivity index (χ3v) is 7.52. The van der Waals surface area contributed by atoms with Crippen molar-refractivity contribution in [2.24, 2.45) is 0 Å². The highest BCUT2D eigenvalue weighted by atomic mass is 32.2. The van der Waals surface area contributed by atoms with E-state index >= 15 is 0 Å². The van der Waals surface area contributed by atoms with E-state index in [9.17, 15) is 14.4 Å². The number of fused-ring (bicyclic) bond motifs is 3. The van der Waals surface area contributed by atoms with Crippen LogP contribution in [0.4, 0.5) is 4.79 Å². The van der Waals surface area contributed by atoms with Gasteiger partial charge in [0.15, 0.2) is 5.16 Å². The molecule has 0 fully saturated rings. The Hall–Kier alpha value is -2.65. The summed E-state index contributed by atoms with van der Waals surface area (Å²) in [6, 6.07) is 5.90. The number of thioether (sulfide) groups is 1. The van der Waals surface area contributed by atoms with Gasteiger partial charge in [-0.2, -0.15) is 0 Å². The van der Waals surface area contributed by atoms with Gasteiger partial charge in [0.1, 0.15) is 4.83 Å². The lowest BCUT2D eigenvalue weighted by atomic mass is 9.97. The first-order valence-electron chi connectivity index (χ1n) is 10.6. The van der Waals surface area contributed by atoms with E-state index in [1.54, 1.807) is 22.8 Å². The van der Waals surface area contributed by atoms with Crippen LogP contribution in [0, 0.1) is 13.8 Å². The van der Waals surface area contributed by atoms with E-state index in [1.165, 1.54) is 4.88 Å². The molecule has 0 aliphatic heterocycles. The van der Waals surface area contributed by atoms with E-state index in [-0.39, 0.29) is 17.9 Å². The van der Waals surface area contributed by atoms with Gasteiger partial charge in [0.25, 0.3) is 5.56 Å². The summed E-state index contributed by atoms with van der Waals surface area (Å²) >= 11 is 2.71. The number of hydrogen-bond donors (Lipinski definition) is 1. The van der Waals surface area contributed by atoms with Gasteiger partial charge in [0.05, 0.1) is 23.4 Å².